The number of ether oxygens (including phenoxy) is 1. The monoisotopic (exact) mass is 1000 g/mol. The van der Waals surface area contributed by atoms with Crippen LogP contribution in [-0.4, -0.2) is 94.0 Å². The van der Waals surface area contributed by atoms with E-state index in [4.69, 9.17) is 19.1 Å². The summed E-state index contributed by atoms with van der Waals surface area (Å²) in [5, 5.41) is 16.5. The van der Waals surface area contributed by atoms with Crippen LogP contribution in [0.2, 0.25) is 0 Å². The van der Waals surface area contributed by atoms with E-state index in [9.17, 15) is 24.3 Å². The van der Waals surface area contributed by atoms with Crippen molar-refractivity contribution in [2.24, 2.45) is 11.8 Å². The van der Waals surface area contributed by atoms with Gasteiger partial charge in [-0.15, -0.1) is 0 Å². The number of fused-ring (bicyclic) bond motifs is 3. The number of hydrogen-bond acceptors (Lipinski definition) is 13. The minimum Gasteiger partial charge on any atom is -0.490 e. The van der Waals surface area contributed by atoms with Crippen molar-refractivity contribution in [3.63, 3.8) is 0 Å². The highest BCUT2D eigenvalue weighted by molar-refractivity contribution is 7.22. The molecule has 3 N–H and O–H groups in total. The van der Waals surface area contributed by atoms with Crippen LogP contribution in [0.15, 0.2) is 95.4 Å². The number of piperidine rings is 1. The number of amides is 3. The van der Waals surface area contributed by atoms with Crippen LogP contribution in [-0.2, 0) is 22.6 Å². The summed E-state index contributed by atoms with van der Waals surface area (Å²) in [7, 11) is 0. The van der Waals surface area contributed by atoms with Gasteiger partial charge >= 0.3 is 5.97 Å². The molecule has 3 aromatic heterocycles. The first-order chi connectivity index (χ1) is 35.5. The number of rotatable bonds is 14. The number of imide groups is 1. The molecule has 15 nitrogen and oxygen atoms in total. The molecule has 376 valence electrons. The van der Waals surface area contributed by atoms with Gasteiger partial charge < -0.3 is 24.1 Å². The zero-order valence-electron chi connectivity index (χ0n) is 41.3. The van der Waals surface area contributed by atoms with E-state index >= 15 is 0 Å². The highest BCUT2D eigenvalue weighted by atomic mass is 32.1. The fourth-order valence-corrected chi connectivity index (χ4v) is 12.2. The van der Waals surface area contributed by atoms with Crippen LogP contribution in [0, 0.1) is 18.8 Å². The van der Waals surface area contributed by atoms with Gasteiger partial charge in [0.1, 0.15) is 17.1 Å². The summed E-state index contributed by atoms with van der Waals surface area (Å²) in [5.74, 6) is 0.423. The summed E-state index contributed by atoms with van der Waals surface area (Å²) in [6, 6.07) is 29.5. The molecular weight excluding hydrogens is 941 g/mol. The molecule has 0 spiro atoms. The van der Waals surface area contributed by atoms with Crippen molar-refractivity contribution in [3.05, 3.63) is 125 Å². The third-order valence-electron chi connectivity index (χ3n) is 15.4. The lowest BCUT2D eigenvalue weighted by atomic mass is 9.83. The molecule has 16 heteroatoms. The second kappa shape index (κ2) is 20.7. The summed E-state index contributed by atoms with van der Waals surface area (Å²) in [6.07, 6.45) is 8.24. The number of hydrogen-bond donors (Lipinski definition) is 3. The molecule has 4 aliphatic rings. The third-order valence-corrected chi connectivity index (χ3v) is 16.4. The van der Waals surface area contributed by atoms with Crippen LogP contribution in [0.4, 0.5) is 17.0 Å². The smallest absolute Gasteiger partial charge is 0.355 e. The van der Waals surface area contributed by atoms with Gasteiger partial charge in [0.15, 0.2) is 16.4 Å². The molecule has 3 amide bonds. The molecular formula is C57H60N8O7S. The number of carboxylic acids is 1. The molecule has 0 radical (unpaired) electrons. The number of oxazole rings is 1. The Bertz CT molecular complexity index is 3190. The van der Waals surface area contributed by atoms with Crippen LogP contribution in [0.25, 0.3) is 32.4 Å². The van der Waals surface area contributed by atoms with E-state index in [1.165, 1.54) is 24.2 Å². The molecule has 4 aromatic carbocycles. The standard InChI is InChI=1S/C57H60N8O7S/c1-34(32-63-27-29-64(30-28-63)57-59-46-31-38(17-22-48(46)72-57)41-21-24-51(66)61-53(41)67)13-14-36-15-18-39(19-16-36)71-47-11-6-8-40(35(47)2)42-20-23-50(60-52(42)55(69)70)65-26-25-37-7-5-9-43(44(37)33-65)54(68)62-56-58-45-10-3-4-12-49(45)73-56/h3-12,17,20,22-23,31,34,36,39,41H,13-16,18-19,21,24-30,32-33H2,1-2H3,(H,69,70)(H,58,62,68)(H,61,66,67)/t34-,36?,39?,41-/m1/s1. The van der Waals surface area contributed by atoms with Crippen molar-refractivity contribution < 1.29 is 33.4 Å². The summed E-state index contributed by atoms with van der Waals surface area (Å²) >= 11 is 1.44. The predicted molar refractivity (Wildman–Crippen MR) is 283 cm³/mol. The molecule has 1 aliphatic carbocycles. The van der Waals surface area contributed by atoms with E-state index < -0.39 is 5.97 Å². The topological polar surface area (TPSA) is 183 Å². The SMILES string of the molecule is Cc1c(OC2CCC(CC[C@@H](C)CN3CCN(c4nc5cc([C@H]6CCC(=O)NC6=O)ccc5o4)CC3)CC2)cccc1-c1ccc(N2CCc3cccc(C(=O)Nc4nc5ccccc5s4)c3C2)nc1C(=O)O. The predicted octanol–water partition coefficient (Wildman–Crippen LogP) is 10.0. The van der Waals surface area contributed by atoms with Gasteiger partial charge in [-0.3, -0.25) is 29.9 Å². The molecule has 11 rings (SSSR count). The van der Waals surface area contributed by atoms with E-state index in [2.05, 4.69) is 32.3 Å². The number of aromatic carboxylic acids is 1. The Morgan fingerprint density at radius 1 is 0.849 bits per heavy atom. The maximum atomic E-state index is 13.7. The Hall–Kier alpha value is -7.17. The second-order valence-electron chi connectivity index (χ2n) is 20.3. The lowest BCUT2D eigenvalue weighted by Crippen LogP contribution is -2.47. The molecule has 3 fully saturated rings. The number of nitrogens with zero attached hydrogens (tertiary/aromatic N) is 6. The summed E-state index contributed by atoms with van der Waals surface area (Å²) in [5.41, 5.74) is 7.86. The first-order valence-electron chi connectivity index (χ1n) is 25.7. The van der Waals surface area contributed by atoms with E-state index in [1.807, 2.05) is 103 Å². The lowest BCUT2D eigenvalue weighted by Gasteiger charge is -2.35. The van der Waals surface area contributed by atoms with E-state index in [-0.39, 0.29) is 35.4 Å². The highest BCUT2D eigenvalue weighted by Crippen LogP contribution is 2.38. The number of benzene rings is 4. The molecule has 73 heavy (non-hydrogen) atoms. The molecule has 2 saturated heterocycles. The van der Waals surface area contributed by atoms with Crippen molar-refractivity contribution in [1.82, 2.24) is 25.2 Å². The van der Waals surface area contributed by atoms with Crippen molar-refractivity contribution in [2.45, 2.75) is 90.2 Å². The lowest BCUT2D eigenvalue weighted by molar-refractivity contribution is -0.134. The molecule has 1 saturated carbocycles. The van der Waals surface area contributed by atoms with Gasteiger partial charge in [0.2, 0.25) is 11.8 Å². The maximum Gasteiger partial charge on any atom is 0.355 e. The number of piperazine rings is 1. The van der Waals surface area contributed by atoms with Gasteiger partial charge in [-0.25, -0.2) is 14.8 Å². The average molecular weight is 1000 g/mol. The van der Waals surface area contributed by atoms with Gasteiger partial charge in [0.25, 0.3) is 11.9 Å². The van der Waals surface area contributed by atoms with Crippen LogP contribution in [0.3, 0.4) is 0 Å². The fourth-order valence-electron chi connectivity index (χ4n) is 11.3. The van der Waals surface area contributed by atoms with Crippen LogP contribution in [0.1, 0.15) is 107 Å². The van der Waals surface area contributed by atoms with Crippen molar-refractivity contribution in [2.75, 3.05) is 54.4 Å². The fraction of sp³-hybridized carbons (Fsp3) is 0.386. The number of pyridine rings is 1. The number of anilines is 3. The number of nitrogens with one attached hydrogen (secondary N) is 2. The van der Waals surface area contributed by atoms with Gasteiger partial charge in [-0.2, -0.15) is 4.98 Å². The zero-order chi connectivity index (χ0) is 50.2. The van der Waals surface area contributed by atoms with E-state index in [0.29, 0.717) is 77.9 Å². The number of thiazole rings is 1. The van der Waals surface area contributed by atoms with E-state index in [0.717, 1.165) is 108 Å². The first-order valence-corrected chi connectivity index (χ1v) is 26.6. The van der Waals surface area contributed by atoms with Crippen molar-refractivity contribution in [1.29, 1.82) is 0 Å². The maximum absolute atomic E-state index is 13.7. The molecule has 6 heterocycles. The molecule has 0 bridgehead atoms. The first kappa shape index (κ1) is 48.1. The summed E-state index contributed by atoms with van der Waals surface area (Å²) in [6.45, 7) is 10.0. The zero-order valence-corrected chi connectivity index (χ0v) is 42.1. The summed E-state index contributed by atoms with van der Waals surface area (Å²) in [4.78, 5) is 71.6. The van der Waals surface area contributed by atoms with Crippen LogP contribution >= 0.6 is 11.3 Å². The number of carbonyl (C=O) groups excluding carboxylic acids is 3. The Kier molecular flexibility index (Phi) is 13.7. The normalized spacial score (nSPS) is 19.9. The number of carboxylic acid groups (broad SMARTS) is 1. The second-order valence-corrected chi connectivity index (χ2v) is 21.3. The number of aromatic nitrogens is 3. The van der Waals surface area contributed by atoms with Gasteiger partial charge in [0, 0.05) is 63.4 Å². The quantitative estimate of drug-likeness (QED) is 0.0876. The Balaban J connectivity index is 0.655. The minimum absolute atomic E-state index is 0.0213. The highest BCUT2D eigenvalue weighted by Gasteiger charge is 2.31. The Morgan fingerprint density at radius 2 is 1.67 bits per heavy atom. The van der Waals surface area contributed by atoms with Gasteiger partial charge in [-0.1, -0.05) is 67.1 Å². The summed E-state index contributed by atoms with van der Waals surface area (Å²) < 4.78 is 13.8. The molecule has 0 unspecified atom stereocenters. The van der Waals surface area contributed by atoms with Crippen LogP contribution < -0.4 is 25.2 Å². The number of para-hydroxylation sites is 1. The third kappa shape index (κ3) is 10.4. The molecule has 7 aromatic rings. The van der Waals surface area contributed by atoms with Crippen molar-refractivity contribution >= 4 is 73.3 Å². The van der Waals surface area contributed by atoms with Crippen molar-refractivity contribution in [3.8, 4) is 16.9 Å². The average Bonchev–Trinajstić information content (AvgIpc) is 4.02. The van der Waals surface area contributed by atoms with E-state index in [1.54, 1.807) is 0 Å². The largest absolute Gasteiger partial charge is 0.490 e. The number of carbonyl (C=O) groups is 4. The molecule has 3 aliphatic heterocycles. The minimum atomic E-state index is -1.10. The van der Waals surface area contributed by atoms with Gasteiger partial charge in [-0.05, 0) is 140 Å². The Labute approximate surface area is 428 Å². The van der Waals surface area contributed by atoms with Gasteiger partial charge in [0.05, 0.1) is 22.2 Å². The van der Waals surface area contributed by atoms with Crippen LogP contribution in [0.5, 0.6) is 5.75 Å². The Morgan fingerprint density at radius 3 is 2.48 bits per heavy atom. The molecule has 2 atom stereocenters.